The third-order valence-corrected chi connectivity index (χ3v) is 5.59. The Labute approximate surface area is 159 Å². The highest BCUT2D eigenvalue weighted by Crippen LogP contribution is 2.50. The monoisotopic (exact) mass is 392 g/mol. The molecule has 142 valence electrons. The van der Waals surface area contributed by atoms with Crippen molar-refractivity contribution in [1.82, 2.24) is 4.90 Å². The SMILES string of the molecule is COC(=O)C1=C(N)N2C(=O)[C@@H](C)SC2=C(C(=O)OC)[C@@H]1c1ccccc1F. The Bertz CT molecular complexity index is 911. The minimum absolute atomic E-state index is 0.0279. The van der Waals surface area contributed by atoms with E-state index in [2.05, 4.69) is 0 Å². The second-order valence-corrected chi connectivity index (χ2v) is 7.22. The topological polar surface area (TPSA) is 98.9 Å². The van der Waals surface area contributed by atoms with Crippen molar-refractivity contribution >= 4 is 29.6 Å². The summed E-state index contributed by atoms with van der Waals surface area (Å²) in [5, 5.41) is -0.297. The molecule has 0 saturated carbocycles. The van der Waals surface area contributed by atoms with Crippen LogP contribution in [-0.2, 0) is 23.9 Å². The van der Waals surface area contributed by atoms with Gasteiger partial charge in [-0.25, -0.2) is 14.0 Å². The molecule has 0 spiro atoms. The lowest BCUT2D eigenvalue weighted by atomic mass is 9.82. The van der Waals surface area contributed by atoms with Crippen LogP contribution < -0.4 is 5.73 Å². The summed E-state index contributed by atoms with van der Waals surface area (Å²) in [7, 11) is 2.31. The minimum atomic E-state index is -1.16. The molecule has 0 aliphatic carbocycles. The zero-order chi connectivity index (χ0) is 19.9. The van der Waals surface area contributed by atoms with E-state index in [0.717, 1.165) is 23.8 Å². The molecule has 2 heterocycles. The summed E-state index contributed by atoms with van der Waals surface area (Å²) >= 11 is 1.11. The van der Waals surface area contributed by atoms with Crippen LogP contribution in [0.4, 0.5) is 4.39 Å². The number of halogens is 1. The standard InChI is InChI=1S/C18H17FN2O5S/c1-8-15(22)21-14(20)12(17(23)25-2)11(9-6-4-5-7-10(9)19)13(16(21)27-8)18(24)26-3/h4-8,11H,20H2,1-3H3/t8-,11-/m1/s1. The lowest BCUT2D eigenvalue weighted by Gasteiger charge is -2.32. The van der Waals surface area contributed by atoms with Gasteiger partial charge in [0.2, 0.25) is 5.91 Å². The van der Waals surface area contributed by atoms with E-state index in [1.54, 1.807) is 13.0 Å². The number of nitrogens with zero attached hydrogens (tertiary/aromatic N) is 1. The van der Waals surface area contributed by atoms with Crippen molar-refractivity contribution in [3.63, 3.8) is 0 Å². The van der Waals surface area contributed by atoms with E-state index in [9.17, 15) is 18.8 Å². The van der Waals surface area contributed by atoms with E-state index in [-0.39, 0.29) is 33.5 Å². The van der Waals surface area contributed by atoms with E-state index in [0.29, 0.717) is 0 Å². The normalized spacial score (nSPS) is 22.1. The van der Waals surface area contributed by atoms with Gasteiger partial charge in [-0.05, 0) is 13.0 Å². The number of benzene rings is 1. The fraction of sp³-hybridized carbons (Fsp3) is 0.278. The van der Waals surface area contributed by atoms with E-state index >= 15 is 0 Å². The Morgan fingerprint density at radius 3 is 2.33 bits per heavy atom. The Morgan fingerprint density at radius 2 is 1.74 bits per heavy atom. The first kappa shape index (κ1) is 19.0. The molecular formula is C18H17FN2O5S. The molecule has 3 rings (SSSR count). The summed E-state index contributed by atoms with van der Waals surface area (Å²) in [4.78, 5) is 38.8. The van der Waals surface area contributed by atoms with Crippen molar-refractivity contribution in [3.8, 4) is 0 Å². The highest BCUT2D eigenvalue weighted by Gasteiger charge is 2.49. The maximum atomic E-state index is 14.6. The number of ether oxygens (including phenoxy) is 2. The lowest BCUT2D eigenvalue weighted by Crippen LogP contribution is -2.40. The summed E-state index contributed by atoms with van der Waals surface area (Å²) in [6, 6.07) is 5.72. The average Bonchev–Trinajstić information content (AvgIpc) is 2.95. The van der Waals surface area contributed by atoms with E-state index in [4.69, 9.17) is 15.2 Å². The van der Waals surface area contributed by atoms with Crippen LogP contribution in [0, 0.1) is 5.82 Å². The first-order valence-corrected chi connectivity index (χ1v) is 8.86. The number of methoxy groups -OCH3 is 2. The highest BCUT2D eigenvalue weighted by molar-refractivity contribution is 8.04. The molecule has 7 nitrogen and oxygen atoms in total. The number of rotatable bonds is 3. The molecule has 2 atom stereocenters. The minimum Gasteiger partial charge on any atom is -0.466 e. The van der Waals surface area contributed by atoms with Crippen LogP contribution >= 0.6 is 11.8 Å². The molecule has 2 aliphatic rings. The molecule has 2 N–H and O–H groups in total. The number of hydrogen-bond donors (Lipinski definition) is 1. The maximum absolute atomic E-state index is 14.6. The Kier molecular flexibility index (Phi) is 4.97. The molecule has 1 aromatic carbocycles. The molecule has 2 aliphatic heterocycles. The quantitative estimate of drug-likeness (QED) is 0.781. The molecular weight excluding hydrogens is 375 g/mol. The predicted octanol–water partition coefficient (Wildman–Crippen LogP) is 1.61. The van der Waals surface area contributed by atoms with Crippen LogP contribution in [0.2, 0.25) is 0 Å². The zero-order valence-electron chi connectivity index (χ0n) is 14.8. The lowest BCUT2D eigenvalue weighted by molar-refractivity contribution is -0.137. The molecule has 1 fully saturated rings. The number of thioether (sulfide) groups is 1. The summed E-state index contributed by atoms with van der Waals surface area (Å²) in [5.41, 5.74) is 5.98. The first-order chi connectivity index (χ1) is 12.8. The smallest absolute Gasteiger partial charge is 0.338 e. The van der Waals surface area contributed by atoms with Gasteiger partial charge in [0.25, 0.3) is 0 Å². The van der Waals surface area contributed by atoms with Gasteiger partial charge in [0.05, 0.1) is 41.6 Å². The van der Waals surface area contributed by atoms with Crippen LogP contribution in [0.25, 0.3) is 0 Å². The number of carbonyl (C=O) groups excluding carboxylic acids is 3. The predicted molar refractivity (Wildman–Crippen MR) is 95.3 cm³/mol. The number of esters is 2. The largest absolute Gasteiger partial charge is 0.466 e. The van der Waals surface area contributed by atoms with Gasteiger partial charge >= 0.3 is 11.9 Å². The number of fused-ring (bicyclic) bond motifs is 1. The molecule has 27 heavy (non-hydrogen) atoms. The van der Waals surface area contributed by atoms with Crippen molar-refractivity contribution in [3.05, 3.63) is 57.6 Å². The van der Waals surface area contributed by atoms with Gasteiger partial charge < -0.3 is 15.2 Å². The number of hydrogen-bond acceptors (Lipinski definition) is 7. The Hall–Kier alpha value is -2.81. The van der Waals surface area contributed by atoms with E-state index in [1.165, 1.54) is 25.3 Å². The molecule has 1 aromatic rings. The van der Waals surface area contributed by atoms with Crippen LogP contribution in [0.5, 0.6) is 0 Å². The van der Waals surface area contributed by atoms with Gasteiger partial charge in [0.1, 0.15) is 11.6 Å². The van der Waals surface area contributed by atoms with Gasteiger partial charge in [0.15, 0.2) is 0 Å². The fourth-order valence-electron chi connectivity index (χ4n) is 3.17. The Balaban J connectivity index is 2.36. The number of amides is 1. The fourth-order valence-corrected chi connectivity index (χ4v) is 4.33. The van der Waals surface area contributed by atoms with Crippen molar-refractivity contribution in [1.29, 1.82) is 0 Å². The third kappa shape index (κ3) is 2.87. The average molecular weight is 392 g/mol. The van der Waals surface area contributed by atoms with Crippen LogP contribution in [0.15, 0.2) is 46.3 Å². The Morgan fingerprint density at radius 1 is 1.15 bits per heavy atom. The second-order valence-electron chi connectivity index (χ2n) is 5.89. The van der Waals surface area contributed by atoms with Crippen LogP contribution in [-0.4, -0.2) is 42.2 Å². The second kappa shape index (κ2) is 7.07. The van der Waals surface area contributed by atoms with E-state index in [1.807, 2.05) is 0 Å². The molecule has 0 unspecified atom stereocenters. The number of carbonyl (C=O) groups is 3. The molecule has 0 bridgehead atoms. The maximum Gasteiger partial charge on any atom is 0.338 e. The van der Waals surface area contributed by atoms with E-state index < -0.39 is 28.9 Å². The molecule has 0 radical (unpaired) electrons. The van der Waals surface area contributed by atoms with Crippen molar-refractivity contribution in [2.75, 3.05) is 14.2 Å². The summed E-state index contributed by atoms with van der Waals surface area (Å²) in [5.74, 6) is -4.01. The van der Waals surface area contributed by atoms with Gasteiger partial charge in [-0.3, -0.25) is 9.69 Å². The van der Waals surface area contributed by atoms with Crippen molar-refractivity contribution in [2.24, 2.45) is 5.73 Å². The summed E-state index contributed by atoms with van der Waals surface area (Å²) < 4.78 is 24.3. The molecule has 1 amide bonds. The van der Waals surface area contributed by atoms with Crippen molar-refractivity contribution < 1.29 is 28.2 Å². The summed E-state index contributed by atoms with van der Waals surface area (Å²) in [6.45, 7) is 1.65. The van der Waals surface area contributed by atoms with Gasteiger partial charge in [-0.15, -0.1) is 0 Å². The molecule has 1 saturated heterocycles. The van der Waals surface area contributed by atoms with Crippen LogP contribution in [0.1, 0.15) is 18.4 Å². The highest BCUT2D eigenvalue weighted by atomic mass is 32.2. The molecule has 0 aromatic heterocycles. The summed E-state index contributed by atoms with van der Waals surface area (Å²) in [6.07, 6.45) is 0. The van der Waals surface area contributed by atoms with Gasteiger partial charge in [-0.1, -0.05) is 30.0 Å². The third-order valence-electron chi connectivity index (χ3n) is 4.41. The first-order valence-electron chi connectivity index (χ1n) is 7.98. The van der Waals surface area contributed by atoms with Crippen molar-refractivity contribution in [2.45, 2.75) is 18.1 Å². The zero-order valence-corrected chi connectivity index (χ0v) is 15.6. The van der Waals surface area contributed by atoms with Gasteiger partial charge in [0, 0.05) is 5.56 Å². The van der Waals surface area contributed by atoms with Crippen LogP contribution in [0.3, 0.4) is 0 Å². The molecule has 9 heteroatoms. The number of nitrogens with two attached hydrogens (primary N) is 1. The van der Waals surface area contributed by atoms with Gasteiger partial charge in [-0.2, -0.15) is 0 Å².